The largest absolute Gasteiger partial charge is 0.480 e. The Balaban J connectivity index is 1.53. The van der Waals surface area contributed by atoms with E-state index in [2.05, 4.69) is 32.3 Å². The normalized spacial score (nSPS) is 15.3. The minimum atomic E-state index is -4.81. The first-order valence-corrected chi connectivity index (χ1v) is 10.9. The van der Waals surface area contributed by atoms with Crippen LogP contribution in [0.2, 0.25) is 0 Å². The van der Waals surface area contributed by atoms with E-state index in [1.165, 1.54) is 29.7 Å². The number of rotatable bonds is 5. The second-order valence-corrected chi connectivity index (χ2v) is 8.16. The zero-order valence-electron chi connectivity index (χ0n) is 18.9. The number of aromatic nitrogens is 4. The third-order valence-electron chi connectivity index (χ3n) is 5.72. The first kappa shape index (κ1) is 23.7. The molecule has 1 aliphatic heterocycles. The maximum absolute atomic E-state index is 14.0. The number of carbonyl (C=O) groups excluding carboxylic acids is 1. The van der Waals surface area contributed by atoms with Crippen LogP contribution in [0, 0.1) is 6.92 Å². The number of hydrogen-bond donors (Lipinski definition) is 0. The average molecular weight is 474 g/mol. The van der Waals surface area contributed by atoms with Crippen molar-refractivity contribution in [2.24, 2.45) is 0 Å². The van der Waals surface area contributed by atoms with Crippen molar-refractivity contribution in [3.05, 3.63) is 65.0 Å². The van der Waals surface area contributed by atoms with Crippen LogP contribution in [0.5, 0.6) is 5.88 Å². The second kappa shape index (κ2) is 9.80. The van der Waals surface area contributed by atoms with Crippen molar-refractivity contribution >= 4 is 5.91 Å². The van der Waals surface area contributed by atoms with Gasteiger partial charge in [0.15, 0.2) is 11.5 Å². The smallest absolute Gasteiger partial charge is 0.434 e. The summed E-state index contributed by atoms with van der Waals surface area (Å²) in [6.45, 7) is 4.77. The van der Waals surface area contributed by atoms with Gasteiger partial charge >= 0.3 is 6.18 Å². The van der Waals surface area contributed by atoms with Crippen molar-refractivity contribution in [2.75, 3.05) is 33.3 Å². The number of hydrogen-bond acceptors (Lipinski definition) is 6. The lowest BCUT2D eigenvalue weighted by Gasteiger charge is -2.22. The van der Waals surface area contributed by atoms with Crippen molar-refractivity contribution in [3.63, 3.8) is 0 Å². The molecule has 3 aromatic rings. The van der Waals surface area contributed by atoms with Crippen LogP contribution < -0.4 is 4.74 Å². The molecule has 0 aliphatic carbocycles. The molecule has 0 atom stereocenters. The molecule has 2 aromatic heterocycles. The highest BCUT2D eigenvalue weighted by molar-refractivity contribution is 5.95. The molecule has 34 heavy (non-hydrogen) atoms. The number of amides is 1. The lowest BCUT2D eigenvalue weighted by atomic mass is 10.1. The van der Waals surface area contributed by atoms with Crippen LogP contribution in [0.3, 0.4) is 0 Å². The zero-order valence-corrected chi connectivity index (χ0v) is 18.9. The summed E-state index contributed by atoms with van der Waals surface area (Å²) in [5.74, 6) is -0.704. The second-order valence-electron chi connectivity index (χ2n) is 8.16. The molecule has 1 saturated heterocycles. The fraction of sp³-hybridized carbons (Fsp3) is 0.391. The summed E-state index contributed by atoms with van der Waals surface area (Å²) in [5, 5.41) is 11.3. The van der Waals surface area contributed by atoms with Crippen LogP contribution in [-0.2, 0) is 12.7 Å². The van der Waals surface area contributed by atoms with Crippen molar-refractivity contribution in [3.8, 4) is 11.7 Å². The number of nitrogens with zero attached hydrogens (tertiary/aromatic N) is 6. The molecular formula is C23H25F3N6O2. The molecule has 3 heterocycles. The summed E-state index contributed by atoms with van der Waals surface area (Å²) in [4.78, 5) is 16.8. The van der Waals surface area contributed by atoms with Crippen molar-refractivity contribution < 1.29 is 22.7 Å². The van der Waals surface area contributed by atoms with E-state index in [-0.39, 0.29) is 11.7 Å². The van der Waals surface area contributed by atoms with E-state index in [9.17, 15) is 18.0 Å². The topological polar surface area (TPSA) is 76.4 Å². The van der Waals surface area contributed by atoms with Gasteiger partial charge in [0.05, 0.1) is 18.9 Å². The van der Waals surface area contributed by atoms with Gasteiger partial charge in [-0.15, -0.1) is 10.2 Å². The van der Waals surface area contributed by atoms with E-state index >= 15 is 0 Å². The monoisotopic (exact) mass is 474 g/mol. The summed E-state index contributed by atoms with van der Waals surface area (Å²) in [7, 11) is 1.37. The van der Waals surface area contributed by atoms with E-state index < -0.39 is 23.3 Å². The van der Waals surface area contributed by atoms with E-state index in [4.69, 9.17) is 4.74 Å². The van der Waals surface area contributed by atoms with E-state index in [0.29, 0.717) is 30.7 Å². The van der Waals surface area contributed by atoms with Crippen LogP contribution in [0.4, 0.5) is 13.2 Å². The molecule has 1 aliphatic rings. The Morgan fingerprint density at radius 1 is 1.03 bits per heavy atom. The van der Waals surface area contributed by atoms with Gasteiger partial charge in [-0.3, -0.25) is 9.69 Å². The molecule has 0 saturated carbocycles. The first-order valence-electron chi connectivity index (χ1n) is 10.9. The quantitative estimate of drug-likeness (QED) is 0.565. The molecule has 4 rings (SSSR count). The SMILES string of the molecule is COc1ccc(-n2ncc(C(=O)N3CCCN(Cc4ccc(C)cc4)CC3)c2C(F)(F)F)nn1. The lowest BCUT2D eigenvalue weighted by molar-refractivity contribution is -0.143. The Morgan fingerprint density at radius 3 is 2.44 bits per heavy atom. The average Bonchev–Trinajstić information content (AvgIpc) is 3.15. The number of alkyl halides is 3. The van der Waals surface area contributed by atoms with Gasteiger partial charge in [0.25, 0.3) is 5.91 Å². The van der Waals surface area contributed by atoms with E-state index in [0.717, 1.165) is 24.8 Å². The van der Waals surface area contributed by atoms with Gasteiger partial charge < -0.3 is 9.64 Å². The molecule has 1 aromatic carbocycles. The molecule has 0 bridgehead atoms. The fourth-order valence-electron chi connectivity index (χ4n) is 3.94. The summed E-state index contributed by atoms with van der Waals surface area (Å²) in [6, 6.07) is 10.9. The van der Waals surface area contributed by atoms with Crippen molar-refractivity contribution in [1.82, 2.24) is 29.8 Å². The third kappa shape index (κ3) is 5.19. The highest BCUT2D eigenvalue weighted by Gasteiger charge is 2.42. The molecular weight excluding hydrogens is 449 g/mol. The predicted molar refractivity (Wildman–Crippen MR) is 118 cm³/mol. The molecule has 0 N–H and O–H groups in total. The highest BCUT2D eigenvalue weighted by atomic mass is 19.4. The van der Waals surface area contributed by atoms with Crippen molar-refractivity contribution in [1.29, 1.82) is 0 Å². The predicted octanol–water partition coefficient (Wildman–Crippen LogP) is 3.35. The Labute approximate surface area is 194 Å². The lowest BCUT2D eigenvalue weighted by Crippen LogP contribution is -2.36. The molecule has 0 spiro atoms. The number of halogens is 3. The van der Waals surface area contributed by atoms with Gasteiger partial charge in [-0.1, -0.05) is 29.8 Å². The van der Waals surface area contributed by atoms with Crippen LogP contribution >= 0.6 is 0 Å². The maximum atomic E-state index is 14.0. The van der Waals surface area contributed by atoms with E-state index in [1.54, 1.807) is 0 Å². The zero-order chi connectivity index (χ0) is 24.3. The minimum Gasteiger partial charge on any atom is -0.480 e. The number of aryl methyl sites for hydroxylation is 1. The Hall–Kier alpha value is -3.47. The van der Waals surface area contributed by atoms with Crippen LogP contribution in [0.25, 0.3) is 5.82 Å². The number of ether oxygens (including phenoxy) is 1. The standard InChI is InChI=1S/C23H25F3N6O2/c1-16-4-6-17(7-5-16)15-30-10-3-11-31(13-12-30)22(33)18-14-27-32(21(18)23(24,25)26)19-8-9-20(34-2)29-28-19/h4-9,14H,3,10-13,15H2,1-2H3. The van der Waals surface area contributed by atoms with Gasteiger partial charge in [-0.2, -0.15) is 18.3 Å². The highest BCUT2D eigenvalue weighted by Crippen LogP contribution is 2.34. The molecule has 8 nitrogen and oxygen atoms in total. The third-order valence-corrected chi connectivity index (χ3v) is 5.72. The van der Waals surface area contributed by atoms with Crippen LogP contribution in [0.15, 0.2) is 42.6 Å². The Morgan fingerprint density at radius 2 is 1.79 bits per heavy atom. The maximum Gasteiger partial charge on any atom is 0.434 e. The Kier molecular flexibility index (Phi) is 6.82. The van der Waals surface area contributed by atoms with Gasteiger partial charge in [0.1, 0.15) is 0 Å². The fourth-order valence-corrected chi connectivity index (χ4v) is 3.94. The van der Waals surface area contributed by atoms with Gasteiger partial charge in [-0.25, -0.2) is 4.68 Å². The van der Waals surface area contributed by atoms with Gasteiger partial charge in [-0.05, 0) is 25.0 Å². The minimum absolute atomic E-state index is 0.153. The number of benzene rings is 1. The number of methoxy groups -OCH3 is 1. The molecule has 1 fully saturated rings. The number of carbonyl (C=O) groups is 1. The Bertz CT molecular complexity index is 1130. The van der Waals surface area contributed by atoms with E-state index in [1.807, 2.05) is 19.1 Å². The van der Waals surface area contributed by atoms with Gasteiger partial charge in [0, 0.05) is 38.8 Å². The van der Waals surface area contributed by atoms with Crippen molar-refractivity contribution in [2.45, 2.75) is 26.1 Å². The van der Waals surface area contributed by atoms with Gasteiger partial charge in [0.2, 0.25) is 5.88 Å². The molecule has 11 heteroatoms. The summed E-state index contributed by atoms with van der Waals surface area (Å²) in [5.41, 5.74) is 0.666. The first-order chi connectivity index (χ1) is 16.3. The molecule has 0 radical (unpaired) electrons. The summed E-state index contributed by atoms with van der Waals surface area (Å²) < 4.78 is 47.5. The van der Waals surface area contributed by atoms with Crippen LogP contribution in [0.1, 0.15) is 33.6 Å². The summed E-state index contributed by atoms with van der Waals surface area (Å²) >= 11 is 0. The molecule has 1 amide bonds. The molecule has 0 unspecified atom stereocenters. The summed E-state index contributed by atoms with van der Waals surface area (Å²) in [6.07, 6.45) is -3.20. The molecule has 180 valence electrons. The van der Waals surface area contributed by atoms with Crippen LogP contribution in [-0.4, -0.2) is 69.0 Å².